The molecule has 1 saturated heterocycles. The van der Waals surface area contributed by atoms with E-state index in [1.165, 1.54) is 0 Å². The normalized spacial score (nSPS) is 21.4. The Labute approximate surface area is 194 Å². The van der Waals surface area contributed by atoms with Gasteiger partial charge in [0.15, 0.2) is 0 Å². The van der Waals surface area contributed by atoms with Crippen molar-refractivity contribution < 1.29 is 23.7 Å². The lowest BCUT2D eigenvalue weighted by Crippen LogP contribution is -2.43. The maximum atomic E-state index is 12.7. The van der Waals surface area contributed by atoms with Crippen LogP contribution < -0.4 is 19.5 Å². The number of hydrogen-bond acceptors (Lipinski definition) is 5. The summed E-state index contributed by atoms with van der Waals surface area (Å²) in [4.78, 5) is 12.7. The van der Waals surface area contributed by atoms with Crippen LogP contribution in [0.3, 0.4) is 0 Å². The molecule has 0 unspecified atom stereocenters. The van der Waals surface area contributed by atoms with Crippen LogP contribution in [0.4, 0.5) is 0 Å². The summed E-state index contributed by atoms with van der Waals surface area (Å²) in [5.41, 5.74) is 2.59. The monoisotopic (exact) mass is 459 g/mol. The van der Waals surface area contributed by atoms with Gasteiger partial charge in [0.1, 0.15) is 23.4 Å². The number of carbonyl (C=O) groups excluding carboxylic acids is 1. The Hall–Kier alpha value is -2.44. The molecule has 2 atom stereocenters. The zero-order valence-electron chi connectivity index (χ0n) is 19.0. The van der Waals surface area contributed by atoms with Gasteiger partial charge in [0.25, 0.3) is 0 Å². The predicted molar refractivity (Wildman–Crippen MR) is 124 cm³/mol. The highest BCUT2D eigenvalue weighted by atomic mass is 35.5. The second-order valence-corrected chi connectivity index (χ2v) is 9.41. The molecule has 2 aliphatic rings. The van der Waals surface area contributed by atoms with Crippen molar-refractivity contribution in [2.24, 2.45) is 5.92 Å². The Balaban J connectivity index is 1.45. The number of ether oxygens (including phenoxy) is 4. The van der Waals surface area contributed by atoms with Crippen LogP contribution in [0, 0.1) is 5.92 Å². The third-order valence-electron chi connectivity index (χ3n) is 6.14. The zero-order valence-corrected chi connectivity index (χ0v) is 19.8. The van der Waals surface area contributed by atoms with Crippen molar-refractivity contribution in [1.82, 2.24) is 5.32 Å². The number of fused-ring (bicyclic) bond motifs is 1. The number of carbonyl (C=O) groups is 1. The summed E-state index contributed by atoms with van der Waals surface area (Å²) >= 11 is 6.58. The zero-order chi connectivity index (χ0) is 22.9. The number of amides is 1. The molecule has 2 aromatic rings. The molecule has 1 amide bonds. The molecule has 1 fully saturated rings. The molecule has 0 bridgehead atoms. The SMILES string of the molecule is COc1ccc(OC)c(-c2cc(Cl)c3c(c2)C[C@H](CNC(=O)[C@@H]2CCOC(C)(C)C2)O3)c1. The Kier molecular flexibility index (Phi) is 6.54. The smallest absolute Gasteiger partial charge is 0.223 e. The molecule has 2 aromatic carbocycles. The van der Waals surface area contributed by atoms with Gasteiger partial charge < -0.3 is 24.3 Å². The second-order valence-electron chi connectivity index (χ2n) is 9.00. The molecule has 1 N–H and O–H groups in total. The summed E-state index contributed by atoms with van der Waals surface area (Å²) in [6, 6.07) is 9.62. The van der Waals surface area contributed by atoms with Crippen molar-refractivity contribution in [3.05, 3.63) is 40.9 Å². The first-order valence-corrected chi connectivity index (χ1v) is 11.3. The van der Waals surface area contributed by atoms with Gasteiger partial charge in [-0.15, -0.1) is 0 Å². The van der Waals surface area contributed by atoms with Gasteiger partial charge in [-0.25, -0.2) is 0 Å². The summed E-state index contributed by atoms with van der Waals surface area (Å²) < 4.78 is 22.7. The summed E-state index contributed by atoms with van der Waals surface area (Å²) in [5.74, 6) is 2.20. The van der Waals surface area contributed by atoms with E-state index in [9.17, 15) is 4.79 Å². The van der Waals surface area contributed by atoms with Gasteiger partial charge in [-0.1, -0.05) is 11.6 Å². The minimum atomic E-state index is -0.258. The van der Waals surface area contributed by atoms with Crippen LogP contribution in [0.1, 0.15) is 32.3 Å². The molecule has 7 heteroatoms. The molecular weight excluding hydrogens is 430 g/mol. The molecule has 2 heterocycles. The number of nitrogens with one attached hydrogen (secondary N) is 1. The van der Waals surface area contributed by atoms with Crippen molar-refractivity contribution in [2.75, 3.05) is 27.4 Å². The number of halogens is 1. The standard InChI is InChI=1S/C25H30ClNO5/c1-25(2)13-15(7-8-31-25)24(28)27-14-19-10-17-9-16(11-21(26)23(17)32-19)20-12-18(29-3)5-6-22(20)30-4/h5-6,9,11-12,15,19H,7-8,10,13-14H2,1-4H3,(H,27,28)/t15-,19-/m1/s1. The summed E-state index contributed by atoms with van der Waals surface area (Å²) in [6.07, 6.45) is 2.00. The predicted octanol–water partition coefficient (Wildman–Crippen LogP) is 4.65. The topological polar surface area (TPSA) is 66.0 Å². The highest BCUT2D eigenvalue weighted by Gasteiger charge is 2.34. The molecule has 0 radical (unpaired) electrons. The van der Waals surface area contributed by atoms with Crippen LogP contribution in [0.5, 0.6) is 17.2 Å². The van der Waals surface area contributed by atoms with Crippen molar-refractivity contribution in [3.63, 3.8) is 0 Å². The lowest BCUT2D eigenvalue weighted by Gasteiger charge is -2.34. The third-order valence-corrected chi connectivity index (χ3v) is 6.42. The fourth-order valence-corrected chi connectivity index (χ4v) is 4.79. The Morgan fingerprint density at radius 2 is 2.03 bits per heavy atom. The number of hydrogen-bond donors (Lipinski definition) is 1. The van der Waals surface area contributed by atoms with E-state index in [2.05, 4.69) is 11.4 Å². The van der Waals surface area contributed by atoms with E-state index >= 15 is 0 Å². The van der Waals surface area contributed by atoms with E-state index in [0.29, 0.717) is 30.3 Å². The number of rotatable bonds is 6. The molecule has 4 rings (SSSR count). The molecule has 32 heavy (non-hydrogen) atoms. The first-order chi connectivity index (χ1) is 15.3. The van der Waals surface area contributed by atoms with Gasteiger partial charge in [-0.3, -0.25) is 4.79 Å². The minimum Gasteiger partial charge on any atom is -0.497 e. The van der Waals surface area contributed by atoms with E-state index in [-0.39, 0.29) is 23.5 Å². The van der Waals surface area contributed by atoms with Gasteiger partial charge in [-0.05, 0) is 62.6 Å². The van der Waals surface area contributed by atoms with Crippen LogP contribution in [-0.2, 0) is 16.0 Å². The number of methoxy groups -OCH3 is 2. The maximum absolute atomic E-state index is 12.7. The first-order valence-electron chi connectivity index (χ1n) is 10.9. The molecule has 0 spiro atoms. The van der Waals surface area contributed by atoms with Crippen LogP contribution in [-0.4, -0.2) is 45.0 Å². The Morgan fingerprint density at radius 1 is 1.22 bits per heavy atom. The molecule has 0 aromatic heterocycles. The Bertz CT molecular complexity index is 1010. The van der Waals surface area contributed by atoms with Gasteiger partial charge in [0, 0.05) is 30.1 Å². The van der Waals surface area contributed by atoms with Crippen LogP contribution in [0.2, 0.25) is 5.02 Å². The average Bonchev–Trinajstić information content (AvgIpc) is 3.20. The quantitative estimate of drug-likeness (QED) is 0.681. The van der Waals surface area contributed by atoms with Gasteiger partial charge in [-0.2, -0.15) is 0 Å². The minimum absolute atomic E-state index is 0.0294. The van der Waals surface area contributed by atoms with Gasteiger partial charge in [0.05, 0.1) is 31.4 Å². The van der Waals surface area contributed by atoms with Gasteiger partial charge in [0.2, 0.25) is 5.91 Å². The fourth-order valence-electron chi connectivity index (χ4n) is 4.51. The fraction of sp³-hybridized carbons (Fsp3) is 0.480. The Morgan fingerprint density at radius 3 is 2.75 bits per heavy atom. The second kappa shape index (κ2) is 9.20. The average molecular weight is 460 g/mol. The van der Waals surface area contributed by atoms with E-state index in [1.807, 2.05) is 38.1 Å². The van der Waals surface area contributed by atoms with Crippen molar-refractivity contribution in [2.45, 2.75) is 44.8 Å². The van der Waals surface area contributed by atoms with Crippen molar-refractivity contribution in [3.8, 4) is 28.4 Å². The molecule has 2 aliphatic heterocycles. The van der Waals surface area contributed by atoms with E-state index in [1.54, 1.807) is 14.2 Å². The third kappa shape index (κ3) is 4.81. The number of benzene rings is 2. The molecule has 6 nitrogen and oxygen atoms in total. The van der Waals surface area contributed by atoms with Crippen LogP contribution in [0.25, 0.3) is 11.1 Å². The van der Waals surface area contributed by atoms with E-state index < -0.39 is 0 Å². The molecule has 0 saturated carbocycles. The first kappa shape index (κ1) is 22.7. The van der Waals surface area contributed by atoms with Crippen LogP contribution in [0.15, 0.2) is 30.3 Å². The summed E-state index contributed by atoms with van der Waals surface area (Å²) in [6.45, 7) is 5.11. The summed E-state index contributed by atoms with van der Waals surface area (Å²) in [7, 11) is 3.27. The van der Waals surface area contributed by atoms with Crippen LogP contribution >= 0.6 is 11.6 Å². The lowest BCUT2D eigenvalue weighted by atomic mass is 9.88. The molecular formula is C25H30ClNO5. The highest BCUT2D eigenvalue weighted by Crippen LogP contribution is 2.42. The lowest BCUT2D eigenvalue weighted by molar-refractivity contribution is -0.135. The largest absolute Gasteiger partial charge is 0.497 e. The maximum Gasteiger partial charge on any atom is 0.223 e. The summed E-state index contributed by atoms with van der Waals surface area (Å²) in [5, 5.41) is 3.61. The molecule has 172 valence electrons. The van der Waals surface area contributed by atoms with Crippen molar-refractivity contribution >= 4 is 17.5 Å². The van der Waals surface area contributed by atoms with E-state index in [4.69, 9.17) is 30.5 Å². The molecule has 0 aliphatic carbocycles. The highest BCUT2D eigenvalue weighted by molar-refractivity contribution is 6.32. The van der Waals surface area contributed by atoms with Gasteiger partial charge >= 0.3 is 0 Å². The van der Waals surface area contributed by atoms with Crippen molar-refractivity contribution in [1.29, 1.82) is 0 Å². The van der Waals surface area contributed by atoms with E-state index in [0.717, 1.165) is 41.0 Å².